The van der Waals surface area contributed by atoms with Crippen molar-refractivity contribution in [3.8, 4) is 0 Å². The van der Waals surface area contributed by atoms with Crippen LogP contribution in [0.5, 0.6) is 0 Å². The van der Waals surface area contributed by atoms with Crippen molar-refractivity contribution in [3.05, 3.63) is 65.8 Å². The molecule has 0 saturated carbocycles. The SMILES string of the molecule is C\C=C/C(=C\C=C\Cc1ccc(SC)cc1)COC(C)(C)OC(C)CCC. The van der Waals surface area contributed by atoms with Gasteiger partial charge in [-0.15, -0.1) is 11.8 Å². The summed E-state index contributed by atoms with van der Waals surface area (Å²) < 4.78 is 12.0. The summed E-state index contributed by atoms with van der Waals surface area (Å²) in [7, 11) is 0. The van der Waals surface area contributed by atoms with E-state index >= 15 is 0 Å². The van der Waals surface area contributed by atoms with Gasteiger partial charge in [0.15, 0.2) is 5.79 Å². The monoisotopic (exact) mass is 388 g/mol. The van der Waals surface area contributed by atoms with Crippen LogP contribution in [0.25, 0.3) is 0 Å². The van der Waals surface area contributed by atoms with Gasteiger partial charge in [0, 0.05) is 4.90 Å². The van der Waals surface area contributed by atoms with Crippen LogP contribution in [-0.2, 0) is 15.9 Å². The summed E-state index contributed by atoms with van der Waals surface area (Å²) in [6, 6.07) is 8.72. The van der Waals surface area contributed by atoms with Crippen molar-refractivity contribution in [2.24, 2.45) is 0 Å². The summed E-state index contributed by atoms with van der Waals surface area (Å²) in [4.78, 5) is 1.30. The first kappa shape index (κ1) is 23.7. The van der Waals surface area contributed by atoms with Crippen LogP contribution in [0.4, 0.5) is 0 Å². The lowest BCUT2D eigenvalue weighted by Gasteiger charge is -2.29. The largest absolute Gasteiger partial charge is 0.348 e. The highest BCUT2D eigenvalue weighted by Gasteiger charge is 2.22. The summed E-state index contributed by atoms with van der Waals surface area (Å²) >= 11 is 1.77. The van der Waals surface area contributed by atoms with Gasteiger partial charge in [-0.05, 0) is 70.1 Å². The molecule has 1 unspecified atom stereocenters. The lowest BCUT2D eigenvalue weighted by atomic mass is 10.1. The molecular weight excluding hydrogens is 352 g/mol. The first-order valence-corrected chi connectivity index (χ1v) is 11.1. The Labute approximate surface area is 170 Å². The third-order valence-electron chi connectivity index (χ3n) is 4.11. The van der Waals surface area contributed by atoms with Gasteiger partial charge < -0.3 is 9.47 Å². The van der Waals surface area contributed by atoms with Gasteiger partial charge in [0.05, 0.1) is 12.7 Å². The maximum Gasteiger partial charge on any atom is 0.163 e. The minimum Gasteiger partial charge on any atom is -0.348 e. The first-order valence-electron chi connectivity index (χ1n) is 9.83. The molecule has 0 heterocycles. The maximum absolute atomic E-state index is 6.02. The van der Waals surface area contributed by atoms with Crippen molar-refractivity contribution in [1.82, 2.24) is 0 Å². The van der Waals surface area contributed by atoms with Crippen LogP contribution in [0.15, 0.2) is 65.1 Å². The zero-order chi connectivity index (χ0) is 20.1. The predicted molar refractivity (Wildman–Crippen MR) is 119 cm³/mol. The molecule has 150 valence electrons. The molecule has 1 rings (SSSR count). The highest BCUT2D eigenvalue weighted by Crippen LogP contribution is 2.18. The van der Waals surface area contributed by atoms with E-state index in [2.05, 4.69) is 68.7 Å². The third kappa shape index (κ3) is 10.6. The number of benzene rings is 1. The first-order chi connectivity index (χ1) is 12.9. The van der Waals surface area contributed by atoms with Crippen molar-refractivity contribution in [1.29, 1.82) is 0 Å². The van der Waals surface area contributed by atoms with E-state index < -0.39 is 5.79 Å². The maximum atomic E-state index is 6.02. The molecule has 0 amide bonds. The van der Waals surface area contributed by atoms with Crippen molar-refractivity contribution < 1.29 is 9.47 Å². The molecule has 0 fully saturated rings. The van der Waals surface area contributed by atoms with E-state index in [0.717, 1.165) is 24.8 Å². The zero-order valence-electron chi connectivity index (χ0n) is 17.8. The van der Waals surface area contributed by atoms with Gasteiger partial charge in [0.1, 0.15) is 0 Å². The van der Waals surface area contributed by atoms with Crippen molar-refractivity contribution >= 4 is 11.8 Å². The van der Waals surface area contributed by atoms with Crippen molar-refractivity contribution in [2.45, 2.75) is 70.7 Å². The van der Waals surface area contributed by atoms with Gasteiger partial charge in [0.2, 0.25) is 0 Å². The topological polar surface area (TPSA) is 18.5 Å². The Kier molecular flexibility index (Phi) is 11.4. The number of hydrogen-bond acceptors (Lipinski definition) is 3. The number of allylic oxidation sites excluding steroid dienone is 4. The fourth-order valence-electron chi connectivity index (χ4n) is 2.76. The summed E-state index contributed by atoms with van der Waals surface area (Å²) in [5.41, 5.74) is 2.45. The number of thioether (sulfide) groups is 1. The number of hydrogen-bond donors (Lipinski definition) is 0. The van der Waals surface area contributed by atoms with Crippen LogP contribution in [0, 0.1) is 0 Å². The third-order valence-corrected chi connectivity index (χ3v) is 4.85. The summed E-state index contributed by atoms with van der Waals surface area (Å²) in [5, 5.41) is 0. The van der Waals surface area contributed by atoms with Gasteiger partial charge in [-0.25, -0.2) is 0 Å². The highest BCUT2D eigenvalue weighted by molar-refractivity contribution is 7.98. The molecule has 1 atom stereocenters. The van der Waals surface area contributed by atoms with Gasteiger partial charge in [-0.3, -0.25) is 0 Å². The van der Waals surface area contributed by atoms with Gasteiger partial charge >= 0.3 is 0 Å². The van der Waals surface area contributed by atoms with Crippen LogP contribution in [0.3, 0.4) is 0 Å². The molecule has 0 radical (unpaired) electrons. The van der Waals surface area contributed by atoms with Crippen LogP contribution in [0.2, 0.25) is 0 Å². The fraction of sp³-hybridized carbons (Fsp3) is 0.500. The van der Waals surface area contributed by atoms with Crippen LogP contribution in [-0.4, -0.2) is 24.8 Å². The Morgan fingerprint density at radius 3 is 2.52 bits per heavy atom. The fourth-order valence-corrected chi connectivity index (χ4v) is 3.17. The summed E-state index contributed by atoms with van der Waals surface area (Å²) in [5.74, 6) is -0.585. The molecule has 0 bridgehead atoms. The molecular formula is C24H36O2S. The normalized spacial score (nSPS) is 14.4. The molecule has 0 aromatic heterocycles. The molecule has 27 heavy (non-hydrogen) atoms. The smallest absolute Gasteiger partial charge is 0.163 e. The molecule has 1 aromatic carbocycles. The lowest BCUT2D eigenvalue weighted by molar-refractivity contribution is -0.230. The van der Waals surface area contributed by atoms with E-state index in [1.54, 1.807) is 11.8 Å². The minimum absolute atomic E-state index is 0.205. The van der Waals surface area contributed by atoms with Gasteiger partial charge in [-0.1, -0.05) is 55.9 Å². The summed E-state index contributed by atoms with van der Waals surface area (Å²) in [6.07, 6.45) is 15.9. The molecule has 1 aromatic rings. The van der Waals surface area contributed by atoms with E-state index in [-0.39, 0.29) is 6.10 Å². The van der Waals surface area contributed by atoms with Gasteiger partial charge in [-0.2, -0.15) is 0 Å². The Balaban J connectivity index is 2.57. The molecule has 0 saturated heterocycles. The molecule has 3 heteroatoms. The van der Waals surface area contributed by atoms with Crippen LogP contribution < -0.4 is 0 Å². The summed E-state index contributed by atoms with van der Waals surface area (Å²) in [6.45, 7) is 10.8. The van der Waals surface area contributed by atoms with E-state index in [1.165, 1.54) is 10.5 Å². The van der Waals surface area contributed by atoms with E-state index in [4.69, 9.17) is 9.47 Å². The van der Waals surface area contributed by atoms with E-state index in [0.29, 0.717) is 6.61 Å². The second-order valence-electron chi connectivity index (χ2n) is 7.13. The van der Waals surface area contributed by atoms with Crippen LogP contribution in [0.1, 0.15) is 53.0 Å². The number of rotatable bonds is 12. The molecule has 0 aliphatic rings. The van der Waals surface area contributed by atoms with Gasteiger partial charge in [0.25, 0.3) is 0 Å². The van der Waals surface area contributed by atoms with Crippen molar-refractivity contribution in [3.63, 3.8) is 0 Å². The predicted octanol–water partition coefficient (Wildman–Crippen LogP) is 6.97. The molecule has 0 aliphatic heterocycles. The van der Waals surface area contributed by atoms with Crippen molar-refractivity contribution in [2.75, 3.05) is 12.9 Å². The average molecular weight is 389 g/mol. The standard InChI is InChI=1S/C24H36O2S/c1-7-11-20(3)26-24(4,5)25-19-22(12-8-2)14-10-9-13-21-15-17-23(27-6)18-16-21/h8-10,12,14-18,20H,7,11,13,19H2,1-6H3/b10-9+,12-8-,22-14+. The molecule has 0 N–H and O–H groups in total. The highest BCUT2D eigenvalue weighted by atomic mass is 32.2. The van der Waals surface area contributed by atoms with E-state index in [1.807, 2.05) is 26.8 Å². The average Bonchev–Trinajstić information content (AvgIpc) is 2.63. The van der Waals surface area contributed by atoms with E-state index in [9.17, 15) is 0 Å². The number of ether oxygens (including phenoxy) is 2. The molecule has 0 spiro atoms. The second-order valence-corrected chi connectivity index (χ2v) is 8.01. The lowest BCUT2D eigenvalue weighted by Crippen LogP contribution is -2.33. The second kappa shape index (κ2) is 13.0. The Bertz CT molecular complexity index is 612. The zero-order valence-corrected chi connectivity index (χ0v) is 18.6. The Morgan fingerprint density at radius 2 is 1.93 bits per heavy atom. The Morgan fingerprint density at radius 1 is 1.22 bits per heavy atom. The molecule has 0 aliphatic carbocycles. The molecule has 2 nitrogen and oxygen atoms in total. The quantitative estimate of drug-likeness (QED) is 0.219. The van der Waals surface area contributed by atoms with Crippen LogP contribution >= 0.6 is 11.8 Å². The Hall–Kier alpha value is -1.29. The minimum atomic E-state index is -0.585.